The Hall–Kier alpha value is -4.62. The number of benzene rings is 4. The fraction of sp³-hybridized carbons (Fsp3) is 0.0741. The Morgan fingerprint density at radius 2 is 1.45 bits per heavy atom. The predicted octanol–water partition coefficient (Wildman–Crippen LogP) is 6.65. The van der Waals surface area contributed by atoms with E-state index in [1.807, 2.05) is 30.1 Å². The van der Waals surface area contributed by atoms with Gasteiger partial charge in [0.2, 0.25) is 10.0 Å². The molecule has 0 aliphatic heterocycles. The minimum atomic E-state index is -4.68. The lowest BCUT2D eigenvalue weighted by molar-refractivity contribution is -0.137. The lowest BCUT2D eigenvalue weighted by Crippen LogP contribution is -2.20. The molecule has 13 heteroatoms. The van der Waals surface area contributed by atoms with Crippen molar-refractivity contribution < 1.29 is 30.8 Å². The number of nitrogens with zero attached hydrogens (tertiary/aromatic N) is 1. The molecule has 0 aromatic heterocycles. The standard InChI is InChI=1S/C27H23F4N5O3S/c1-36(22-6-2-4-19(15-22)33-20-5-3-7-23(16-20)40(32,38)39)21-11-9-18(10-12-21)34-26(37)35-25-14-17(27(29,30)31)8-13-24(25)28/h2-16,33H,1H3,(H2,32,38,39)(H2,34,35,37). The summed E-state index contributed by atoms with van der Waals surface area (Å²) in [6.07, 6.45) is -4.68. The average molecular weight is 574 g/mol. The number of urea groups is 1. The summed E-state index contributed by atoms with van der Waals surface area (Å²) < 4.78 is 75.9. The summed E-state index contributed by atoms with van der Waals surface area (Å²) in [7, 11) is -2.04. The zero-order valence-electron chi connectivity index (χ0n) is 20.8. The third-order valence-electron chi connectivity index (χ3n) is 5.74. The van der Waals surface area contributed by atoms with Gasteiger partial charge in [-0.1, -0.05) is 12.1 Å². The molecule has 5 N–H and O–H groups in total. The molecule has 0 spiro atoms. The summed E-state index contributed by atoms with van der Waals surface area (Å²) in [6, 6.07) is 20.8. The lowest BCUT2D eigenvalue weighted by Gasteiger charge is -2.21. The van der Waals surface area contributed by atoms with Crippen LogP contribution < -0.4 is 26.0 Å². The van der Waals surface area contributed by atoms with Crippen LogP contribution in [0.3, 0.4) is 0 Å². The molecule has 8 nitrogen and oxygen atoms in total. The fourth-order valence-corrected chi connectivity index (χ4v) is 4.27. The highest BCUT2D eigenvalue weighted by Gasteiger charge is 2.31. The predicted molar refractivity (Wildman–Crippen MR) is 146 cm³/mol. The first-order valence-electron chi connectivity index (χ1n) is 11.6. The second-order valence-electron chi connectivity index (χ2n) is 8.63. The molecule has 0 saturated carbocycles. The molecule has 4 aromatic rings. The van der Waals surface area contributed by atoms with Crippen LogP contribution in [0.4, 0.5) is 56.5 Å². The Labute approximate surface area is 227 Å². The highest BCUT2D eigenvalue weighted by atomic mass is 32.2. The Morgan fingerprint density at radius 1 is 0.800 bits per heavy atom. The van der Waals surface area contributed by atoms with Crippen LogP contribution in [0.25, 0.3) is 0 Å². The normalized spacial score (nSPS) is 11.6. The van der Waals surface area contributed by atoms with E-state index in [0.717, 1.165) is 11.4 Å². The molecule has 0 bridgehead atoms. The maximum atomic E-state index is 13.9. The van der Waals surface area contributed by atoms with Crippen LogP contribution in [0.2, 0.25) is 0 Å². The number of nitrogens with two attached hydrogens (primary N) is 1. The summed E-state index contributed by atoms with van der Waals surface area (Å²) in [5.74, 6) is -1.01. The van der Waals surface area contributed by atoms with Crippen molar-refractivity contribution >= 4 is 50.2 Å². The van der Waals surface area contributed by atoms with Gasteiger partial charge in [-0.15, -0.1) is 0 Å². The second kappa shape index (κ2) is 11.2. The van der Waals surface area contributed by atoms with Crippen LogP contribution in [0.15, 0.2) is 95.9 Å². The van der Waals surface area contributed by atoms with E-state index in [-0.39, 0.29) is 4.90 Å². The summed E-state index contributed by atoms with van der Waals surface area (Å²) in [5.41, 5.74) is 1.38. The molecule has 2 amide bonds. The molecule has 0 saturated heterocycles. The van der Waals surface area contributed by atoms with Crippen molar-refractivity contribution in [1.82, 2.24) is 0 Å². The van der Waals surface area contributed by atoms with Crippen LogP contribution >= 0.6 is 0 Å². The first-order valence-corrected chi connectivity index (χ1v) is 13.1. The SMILES string of the molecule is CN(c1ccc(NC(=O)Nc2cc(C(F)(F)F)ccc2F)cc1)c1cccc(Nc2cccc(S(N)(=O)=O)c2)c1. The number of carbonyl (C=O) groups is 1. The Morgan fingerprint density at radius 3 is 2.10 bits per heavy atom. The van der Waals surface area contributed by atoms with Gasteiger partial charge in [-0.05, 0) is 78.9 Å². The van der Waals surface area contributed by atoms with Gasteiger partial charge in [-0.25, -0.2) is 22.7 Å². The van der Waals surface area contributed by atoms with Gasteiger partial charge < -0.3 is 20.9 Å². The molecule has 0 aliphatic rings. The van der Waals surface area contributed by atoms with Crippen molar-refractivity contribution in [2.24, 2.45) is 5.14 Å². The van der Waals surface area contributed by atoms with E-state index in [1.54, 1.807) is 42.5 Å². The number of anilines is 6. The number of hydrogen-bond acceptors (Lipinski definition) is 5. The summed E-state index contributed by atoms with van der Waals surface area (Å²) >= 11 is 0. The smallest absolute Gasteiger partial charge is 0.355 e. The zero-order chi connectivity index (χ0) is 29.1. The monoisotopic (exact) mass is 573 g/mol. The minimum absolute atomic E-state index is 0.0203. The van der Waals surface area contributed by atoms with E-state index in [4.69, 9.17) is 5.14 Å². The number of alkyl halides is 3. The van der Waals surface area contributed by atoms with Gasteiger partial charge >= 0.3 is 12.2 Å². The van der Waals surface area contributed by atoms with Crippen molar-refractivity contribution in [3.8, 4) is 0 Å². The molecule has 40 heavy (non-hydrogen) atoms. The van der Waals surface area contributed by atoms with E-state index in [1.165, 1.54) is 12.1 Å². The van der Waals surface area contributed by atoms with Crippen molar-refractivity contribution in [2.45, 2.75) is 11.1 Å². The van der Waals surface area contributed by atoms with E-state index in [9.17, 15) is 30.8 Å². The number of rotatable bonds is 7. The second-order valence-corrected chi connectivity index (χ2v) is 10.2. The number of nitrogens with one attached hydrogen (secondary N) is 3. The van der Waals surface area contributed by atoms with Gasteiger partial charge in [0, 0.05) is 35.5 Å². The van der Waals surface area contributed by atoms with Crippen LogP contribution in [-0.2, 0) is 16.2 Å². The molecule has 0 fully saturated rings. The Balaban J connectivity index is 1.42. The average Bonchev–Trinajstić information content (AvgIpc) is 2.89. The molecular formula is C27H23F4N5O3S. The van der Waals surface area contributed by atoms with E-state index >= 15 is 0 Å². The molecule has 0 atom stereocenters. The quantitative estimate of drug-likeness (QED) is 0.185. The van der Waals surface area contributed by atoms with Crippen LogP contribution in [0.5, 0.6) is 0 Å². The number of hydrogen-bond donors (Lipinski definition) is 4. The highest BCUT2D eigenvalue weighted by molar-refractivity contribution is 7.89. The van der Waals surface area contributed by atoms with Crippen LogP contribution in [-0.4, -0.2) is 21.5 Å². The summed E-state index contributed by atoms with van der Waals surface area (Å²) in [6.45, 7) is 0. The number of halogens is 4. The van der Waals surface area contributed by atoms with E-state index in [0.29, 0.717) is 35.3 Å². The number of sulfonamides is 1. The Kier molecular flexibility index (Phi) is 7.98. The third-order valence-corrected chi connectivity index (χ3v) is 6.65. The Bertz CT molecular complexity index is 1640. The fourth-order valence-electron chi connectivity index (χ4n) is 3.71. The molecule has 0 unspecified atom stereocenters. The maximum absolute atomic E-state index is 13.9. The number of primary sulfonamides is 1. The zero-order valence-corrected chi connectivity index (χ0v) is 21.6. The largest absolute Gasteiger partial charge is 0.416 e. The molecular weight excluding hydrogens is 550 g/mol. The van der Waals surface area contributed by atoms with Crippen LogP contribution in [0, 0.1) is 5.82 Å². The first kappa shape index (κ1) is 28.4. The lowest BCUT2D eigenvalue weighted by atomic mass is 10.2. The number of amides is 2. The van der Waals surface area contributed by atoms with Gasteiger partial charge in [-0.3, -0.25) is 0 Å². The van der Waals surface area contributed by atoms with Gasteiger partial charge in [-0.2, -0.15) is 13.2 Å². The van der Waals surface area contributed by atoms with Gasteiger partial charge in [0.1, 0.15) is 5.82 Å². The molecule has 4 rings (SSSR count). The molecule has 0 aliphatic carbocycles. The van der Waals surface area contributed by atoms with Crippen LogP contribution in [0.1, 0.15) is 5.56 Å². The van der Waals surface area contributed by atoms with Crippen molar-refractivity contribution in [1.29, 1.82) is 0 Å². The van der Waals surface area contributed by atoms with Crippen molar-refractivity contribution in [3.05, 3.63) is 102 Å². The minimum Gasteiger partial charge on any atom is -0.355 e. The molecule has 4 aromatic carbocycles. The number of carbonyl (C=O) groups excluding carboxylic acids is 1. The molecule has 0 heterocycles. The van der Waals surface area contributed by atoms with E-state index < -0.39 is 39.3 Å². The summed E-state index contributed by atoms with van der Waals surface area (Å²) in [4.78, 5) is 14.1. The third kappa shape index (κ3) is 7.07. The first-order chi connectivity index (χ1) is 18.8. The maximum Gasteiger partial charge on any atom is 0.416 e. The van der Waals surface area contributed by atoms with Crippen molar-refractivity contribution in [3.63, 3.8) is 0 Å². The molecule has 208 valence electrons. The van der Waals surface area contributed by atoms with Crippen molar-refractivity contribution in [2.75, 3.05) is 27.9 Å². The topological polar surface area (TPSA) is 117 Å². The highest BCUT2D eigenvalue weighted by Crippen LogP contribution is 2.32. The summed E-state index contributed by atoms with van der Waals surface area (Å²) in [5, 5.41) is 12.9. The van der Waals surface area contributed by atoms with Gasteiger partial charge in [0.05, 0.1) is 16.1 Å². The molecule has 0 radical (unpaired) electrons. The van der Waals surface area contributed by atoms with Gasteiger partial charge in [0.15, 0.2) is 0 Å². The van der Waals surface area contributed by atoms with Gasteiger partial charge in [0.25, 0.3) is 0 Å². The van der Waals surface area contributed by atoms with E-state index in [2.05, 4.69) is 16.0 Å².